The van der Waals surface area contributed by atoms with Gasteiger partial charge >= 0.3 is 17.6 Å². The van der Waals surface area contributed by atoms with Crippen molar-refractivity contribution in [3.8, 4) is 0 Å². The number of aromatic nitrogens is 2. The Morgan fingerprint density at radius 1 is 0.955 bits per heavy atom. The molecule has 0 amide bonds. The number of carbonyl (C=O) groups excluding carboxylic acids is 2. The van der Waals surface area contributed by atoms with Gasteiger partial charge in [-0.15, -0.1) is 0 Å². The average Bonchev–Trinajstić information content (AvgIpc) is 2.92. The molecule has 0 fully saturated rings. The number of aromatic amines is 1. The molecule has 0 saturated heterocycles. The summed E-state index contributed by atoms with van der Waals surface area (Å²) in [7, 11) is 0.454. The van der Waals surface area contributed by atoms with Crippen molar-refractivity contribution in [3.63, 3.8) is 0 Å². The lowest BCUT2D eigenvalue weighted by atomic mass is 10.0. The lowest BCUT2D eigenvalue weighted by Crippen LogP contribution is -2.38. The molecule has 2 unspecified atom stereocenters. The summed E-state index contributed by atoms with van der Waals surface area (Å²) >= 11 is 0. The maximum absolute atomic E-state index is 13.5. The molecule has 1 rings (SSSR count). The van der Waals surface area contributed by atoms with E-state index in [-0.39, 0.29) is 13.0 Å². The highest BCUT2D eigenvalue weighted by molar-refractivity contribution is 7.45. The average molecular weight is 652 g/mol. The van der Waals surface area contributed by atoms with Gasteiger partial charge in [0.25, 0.3) is 13.4 Å². The Bertz CT molecular complexity index is 1150. The summed E-state index contributed by atoms with van der Waals surface area (Å²) in [5.74, 6) is -3.17. The van der Waals surface area contributed by atoms with Crippen LogP contribution in [-0.4, -0.2) is 73.2 Å². The van der Waals surface area contributed by atoms with Gasteiger partial charge in [0.15, 0.2) is 6.61 Å². The first-order chi connectivity index (χ1) is 20.7. The van der Waals surface area contributed by atoms with E-state index in [1.165, 1.54) is 51.4 Å². The van der Waals surface area contributed by atoms with E-state index in [1.54, 1.807) is 4.98 Å². The highest BCUT2D eigenvalue weighted by atomic mass is 31.2. The third-order valence-electron chi connectivity index (χ3n) is 6.65. The molecule has 0 aliphatic rings. The van der Waals surface area contributed by atoms with Crippen molar-refractivity contribution in [2.45, 2.75) is 110 Å². The number of hydrogen-bond donors (Lipinski definition) is 1. The Labute approximate surface area is 259 Å². The minimum absolute atomic E-state index is 0.0828. The van der Waals surface area contributed by atoms with E-state index in [0.717, 1.165) is 25.7 Å². The molecule has 1 N–H and O–H groups in total. The van der Waals surface area contributed by atoms with Crippen LogP contribution in [0, 0.1) is 5.82 Å². The molecule has 0 spiro atoms. The van der Waals surface area contributed by atoms with Crippen molar-refractivity contribution < 1.29 is 46.4 Å². The Morgan fingerprint density at radius 2 is 1.50 bits per heavy atom. The van der Waals surface area contributed by atoms with Gasteiger partial charge in [0, 0.05) is 6.42 Å². The molecule has 1 heterocycles. The van der Waals surface area contributed by atoms with Crippen LogP contribution in [0.15, 0.2) is 15.8 Å². The number of quaternary nitrogens is 1. The van der Waals surface area contributed by atoms with Gasteiger partial charge in [-0.1, -0.05) is 84.0 Å². The standard InChI is InChI=1S/C29H51FN3O10P/c1-5-6-7-8-9-10-11-12-13-14-15-16-17-18-25(34)40-23-27(43-44(38,39)41-20-19-33(2,3)4)42-26(35)22-32-21-24(30)28(36)31-29(32)37/h21,27H,5-20,22-23H2,1-4H3,(H-,31,36,37,38,39). The SMILES string of the molecule is CCCCCCCCCCCCCCCC(=O)OCC(OC(=O)Cn1cc(F)c(=O)[nH]c1=O)OP(=O)([O-])OCC[N+](C)(C)C. The number of nitrogens with one attached hydrogen (secondary N) is 1. The van der Waals surface area contributed by atoms with Crippen LogP contribution < -0.4 is 16.1 Å². The van der Waals surface area contributed by atoms with E-state index in [0.29, 0.717) is 28.2 Å². The maximum Gasteiger partial charge on any atom is 0.329 e. The monoisotopic (exact) mass is 651 g/mol. The van der Waals surface area contributed by atoms with E-state index in [1.807, 2.05) is 21.1 Å². The van der Waals surface area contributed by atoms with Crippen LogP contribution in [0.2, 0.25) is 0 Å². The number of rotatable bonds is 25. The molecule has 0 radical (unpaired) electrons. The fourth-order valence-electron chi connectivity index (χ4n) is 4.13. The zero-order valence-corrected chi connectivity index (χ0v) is 27.6. The van der Waals surface area contributed by atoms with E-state index >= 15 is 0 Å². The third-order valence-corrected chi connectivity index (χ3v) is 7.64. The van der Waals surface area contributed by atoms with Gasteiger partial charge in [0.05, 0.1) is 27.3 Å². The molecule has 15 heteroatoms. The summed E-state index contributed by atoms with van der Waals surface area (Å²) in [6.45, 7) is 0.658. The molecule has 254 valence electrons. The van der Waals surface area contributed by atoms with Crippen molar-refractivity contribution in [1.82, 2.24) is 9.55 Å². The van der Waals surface area contributed by atoms with Crippen LogP contribution >= 0.6 is 7.82 Å². The molecule has 2 atom stereocenters. The second-order valence-corrected chi connectivity index (χ2v) is 13.2. The Balaban J connectivity index is 2.51. The van der Waals surface area contributed by atoms with Crippen LogP contribution in [0.25, 0.3) is 0 Å². The highest BCUT2D eigenvalue weighted by Crippen LogP contribution is 2.40. The summed E-state index contributed by atoms with van der Waals surface area (Å²) in [5.41, 5.74) is -2.36. The number of esters is 2. The van der Waals surface area contributed by atoms with Crippen LogP contribution in [0.5, 0.6) is 0 Å². The molecule has 1 aromatic rings. The molecule has 0 aliphatic carbocycles. The second-order valence-electron chi connectivity index (χ2n) is 11.9. The van der Waals surface area contributed by atoms with Crippen LogP contribution in [0.4, 0.5) is 4.39 Å². The summed E-state index contributed by atoms with van der Waals surface area (Å²) in [6, 6.07) is 0. The summed E-state index contributed by atoms with van der Waals surface area (Å²) in [6.07, 6.45) is 13.6. The number of carbonyl (C=O) groups is 2. The predicted octanol–water partition coefficient (Wildman–Crippen LogP) is 3.78. The minimum atomic E-state index is -5.01. The predicted molar refractivity (Wildman–Crippen MR) is 160 cm³/mol. The third kappa shape index (κ3) is 19.8. The summed E-state index contributed by atoms with van der Waals surface area (Å²) < 4.78 is 46.6. The first kappa shape index (κ1) is 39.6. The number of nitrogens with zero attached hydrogens (tertiary/aromatic N) is 2. The number of halogens is 1. The van der Waals surface area contributed by atoms with E-state index in [4.69, 9.17) is 18.5 Å². The van der Waals surface area contributed by atoms with E-state index in [9.17, 15) is 33.0 Å². The van der Waals surface area contributed by atoms with Gasteiger partial charge in [-0.2, -0.15) is 4.39 Å². The number of phosphoric ester groups is 1. The number of H-pyrrole nitrogens is 1. The number of phosphoric acid groups is 1. The van der Waals surface area contributed by atoms with Gasteiger partial charge in [-0.25, -0.2) is 4.79 Å². The molecule has 0 saturated carbocycles. The number of ether oxygens (including phenoxy) is 2. The number of hydrogen-bond acceptors (Lipinski definition) is 10. The van der Waals surface area contributed by atoms with Crippen molar-refractivity contribution in [2.24, 2.45) is 0 Å². The van der Waals surface area contributed by atoms with Crippen LogP contribution in [0.3, 0.4) is 0 Å². The molecule has 1 aromatic heterocycles. The Kier molecular flexibility index (Phi) is 19.3. The molecular weight excluding hydrogens is 600 g/mol. The first-order valence-corrected chi connectivity index (χ1v) is 17.0. The molecule has 0 aromatic carbocycles. The molecular formula is C29H51FN3O10P. The van der Waals surface area contributed by atoms with Crippen LogP contribution in [-0.2, 0) is 39.2 Å². The number of unbranched alkanes of at least 4 members (excludes halogenated alkanes) is 12. The quantitative estimate of drug-likeness (QED) is 0.0541. The fourth-order valence-corrected chi connectivity index (χ4v) is 4.89. The fraction of sp³-hybridized carbons (Fsp3) is 0.793. The van der Waals surface area contributed by atoms with Gasteiger partial charge in [-0.3, -0.25) is 33.0 Å². The van der Waals surface area contributed by atoms with Crippen molar-refractivity contribution in [2.75, 3.05) is 40.9 Å². The van der Waals surface area contributed by atoms with Gasteiger partial charge in [0.1, 0.15) is 19.7 Å². The lowest BCUT2D eigenvalue weighted by molar-refractivity contribution is -0.870. The number of likely N-dealkylation sites (N-methyl/N-ethyl adjacent to an activating group) is 1. The maximum atomic E-state index is 13.5. The molecule has 44 heavy (non-hydrogen) atoms. The molecule has 0 aliphatic heterocycles. The smallest absolute Gasteiger partial charge is 0.329 e. The van der Waals surface area contributed by atoms with Crippen molar-refractivity contribution in [3.05, 3.63) is 32.9 Å². The Morgan fingerprint density at radius 3 is 2.05 bits per heavy atom. The second kappa shape index (κ2) is 21.4. The highest BCUT2D eigenvalue weighted by Gasteiger charge is 2.25. The summed E-state index contributed by atoms with van der Waals surface area (Å²) in [4.78, 5) is 61.8. The lowest BCUT2D eigenvalue weighted by Gasteiger charge is -2.29. The van der Waals surface area contributed by atoms with Crippen molar-refractivity contribution >= 4 is 19.8 Å². The topological polar surface area (TPSA) is 166 Å². The summed E-state index contributed by atoms with van der Waals surface area (Å²) in [5, 5.41) is 0. The first-order valence-electron chi connectivity index (χ1n) is 15.5. The molecule has 13 nitrogen and oxygen atoms in total. The van der Waals surface area contributed by atoms with E-state index < -0.39 is 56.3 Å². The van der Waals surface area contributed by atoms with Crippen molar-refractivity contribution in [1.29, 1.82) is 0 Å². The zero-order valence-electron chi connectivity index (χ0n) is 26.7. The van der Waals surface area contributed by atoms with Gasteiger partial charge in [-0.05, 0) is 6.42 Å². The minimum Gasteiger partial charge on any atom is -0.756 e. The zero-order chi connectivity index (χ0) is 33.0. The van der Waals surface area contributed by atoms with Crippen LogP contribution in [0.1, 0.15) is 96.8 Å². The van der Waals surface area contributed by atoms with E-state index in [2.05, 4.69) is 6.92 Å². The Hall–Kier alpha value is -2.38. The van der Waals surface area contributed by atoms with Gasteiger partial charge in [0.2, 0.25) is 12.1 Å². The van der Waals surface area contributed by atoms with Gasteiger partial charge < -0.3 is 23.4 Å². The normalized spacial score (nSPS) is 13.8. The largest absolute Gasteiger partial charge is 0.756 e. The molecule has 0 bridgehead atoms.